The van der Waals surface area contributed by atoms with Gasteiger partial charge in [-0.1, -0.05) is 0 Å². The lowest BCUT2D eigenvalue weighted by Gasteiger charge is -2.15. The minimum atomic E-state index is -0.914. The molecule has 1 aromatic rings. The van der Waals surface area contributed by atoms with E-state index in [0.717, 1.165) is 13.1 Å². The molecule has 1 fully saturated rings. The van der Waals surface area contributed by atoms with Crippen LogP contribution in [-0.4, -0.2) is 40.2 Å². The molecule has 0 unspecified atom stereocenters. The number of aromatic nitrogens is 1. The molecule has 1 aliphatic heterocycles. The summed E-state index contributed by atoms with van der Waals surface area (Å²) in [6.07, 6.45) is 0.471. The number of Topliss-reactive ketones (excluding diaryl/α,β-unsaturated/α-hetero) is 1. The van der Waals surface area contributed by atoms with E-state index < -0.39 is 6.09 Å². The summed E-state index contributed by atoms with van der Waals surface area (Å²) in [5, 5.41) is 0. The van der Waals surface area contributed by atoms with Crippen LogP contribution >= 0.6 is 0 Å². The normalized spacial score (nSPS) is 16.7. The third kappa shape index (κ3) is 2.01. The van der Waals surface area contributed by atoms with Crippen LogP contribution in [0.3, 0.4) is 0 Å². The first-order valence-electron chi connectivity index (χ1n) is 6.58. The molecular weight excluding hydrogens is 274 g/mol. The fourth-order valence-electron chi connectivity index (χ4n) is 2.63. The van der Waals surface area contributed by atoms with Gasteiger partial charge in [0.15, 0.2) is 0 Å². The third-order valence-corrected chi connectivity index (χ3v) is 3.92. The van der Waals surface area contributed by atoms with E-state index >= 15 is 0 Å². The van der Waals surface area contributed by atoms with E-state index in [1.165, 1.54) is 6.08 Å². The predicted octanol–water partition coefficient (Wildman–Crippen LogP) is 0.507. The van der Waals surface area contributed by atoms with Gasteiger partial charge in [-0.15, -0.1) is 0 Å². The molecule has 1 amide bonds. The molecule has 21 heavy (non-hydrogen) atoms. The van der Waals surface area contributed by atoms with Gasteiger partial charge < -0.3 is 19.9 Å². The van der Waals surface area contributed by atoms with Crippen molar-refractivity contribution in [3.8, 4) is 0 Å². The average molecular weight is 289 g/mol. The molecule has 0 aromatic carbocycles. The number of fused-ring (bicyclic) bond motifs is 1. The summed E-state index contributed by atoms with van der Waals surface area (Å²) in [7, 11) is 1.71. The Bertz CT molecular complexity index is 710. The van der Waals surface area contributed by atoms with Gasteiger partial charge in [0, 0.05) is 37.5 Å². The van der Waals surface area contributed by atoms with Crippen molar-refractivity contribution in [2.75, 3.05) is 13.1 Å². The van der Waals surface area contributed by atoms with Crippen LogP contribution in [0.2, 0.25) is 0 Å². The highest BCUT2D eigenvalue weighted by Crippen LogP contribution is 2.32. The van der Waals surface area contributed by atoms with Crippen LogP contribution in [0.15, 0.2) is 11.8 Å². The zero-order valence-corrected chi connectivity index (χ0v) is 11.8. The lowest BCUT2D eigenvalue weighted by Crippen LogP contribution is -2.23. The lowest BCUT2D eigenvalue weighted by atomic mass is 9.95. The summed E-state index contributed by atoms with van der Waals surface area (Å²) in [5.41, 5.74) is 7.31. The molecule has 1 saturated heterocycles. The molecule has 7 nitrogen and oxygen atoms in total. The number of allylic oxidation sites excluding steroid dienone is 2. The maximum atomic E-state index is 12.6. The Morgan fingerprint density at radius 3 is 2.62 bits per heavy atom. The first-order chi connectivity index (χ1) is 9.91. The van der Waals surface area contributed by atoms with Crippen molar-refractivity contribution in [2.45, 2.75) is 13.5 Å². The molecule has 2 aliphatic rings. The highest BCUT2D eigenvalue weighted by Gasteiger charge is 2.38. The molecule has 1 aromatic heterocycles. The number of hydrogen-bond donors (Lipinski definition) is 1. The second-order valence-corrected chi connectivity index (χ2v) is 5.16. The smallest absolute Gasteiger partial charge is 0.404 e. The summed E-state index contributed by atoms with van der Waals surface area (Å²) in [6, 6.07) is 0. The Morgan fingerprint density at radius 2 is 2.05 bits per heavy atom. The Kier molecular flexibility index (Phi) is 2.86. The van der Waals surface area contributed by atoms with Crippen molar-refractivity contribution in [1.29, 1.82) is 0 Å². The number of carbonyl (C=O) groups excluding carboxylic acids is 3. The summed E-state index contributed by atoms with van der Waals surface area (Å²) < 4.78 is 6.47. The fourth-order valence-corrected chi connectivity index (χ4v) is 2.63. The second-order valence-electron chi connectivity index (χ2n) is 5.16. The Morgan fingerprint density at radius 1 is 1.38 bits per heavy atom. The monoisotopic (exact) mass is 289 g/mol. The van der Waals surface area contributed by atoms with E-state index in [-0.39, 0.29) is 18.2 Å². The number of amides is 1. The Balaban J connectivity index is 2.10. The number of nitrogens with zero attached hydrogens (tertiary/aromatic N) is 2. The van der Waals surface area contributed by atoms with E-state index in [0.29, 0.717) is 28.2 Å². The van der Waals surface area contributed by atoms with Gasteiger partial charge in [-0.05, 0) is 6.92 Å². The maximum Gasteiger partial charge on any atom is 0.404 e. The van der Waals surface area contributed by atoms with Crippen LogP contribution in [0.1, 0.15) is 32.1 Å². The third-order valence-electron chi connectivity index (χ3n) is 3.92. The van der Waals surface area contributed by atoms with E-state index in [1.807, 2.05) is 4.90 Å². The molecule has 0 atom stereocenters. The first-order valence-corrected chi connectivity index (χ1v) is 6.58. The molecule has 0 bridgehead atoms. The molecule has 3 rings (SSSR count). The highest BCUT2D eigenvalue weighted by molar-refractivity contribution is 6.24. The van der Waals surface area contributed by atoms with Crippen LogP contribution in [-0.2, 0) is 18.4 Å². The molecule has 2 heterocycles. The number of hydrogen-bond acceptors (Lipinski definition) is 5. The molecule has 0 saturated carbocycles. The summed E-state index contributed by atoms with van der Waals surface area (Å²) in [6.45, 7) is 3.21. The van der Waals surface area contributed by atoms with Crippen LogP contribution in [0.25, 0.3) is 0 Å². The summed E-state index contributed by atoms with van der Waals surface area (Å²) in [4.78, 5) is 37.6. The first kappa shape index (κ1) is 13.4. The van der Waals surface area contributed by atoms with Crippen LogP contribution in [0.5, 0.6) is 0 Å². The average Bonchev–Trinajstić information content (AvgIpc) is 3.21. The summed E-state index contributed by atoms with van der Waals surface area (Å²) in [5.74, 6) is -0.406. The zero-order chi connectivity index (χ0) is 15.3. The number of ether oxygens (including phenoxy) is 1. The van der Waals surface area contributed by atoms with Crippen LogP contribution < -0.4 is 5.73 Å². The fraction of sp³-hybridized carbons (Fsp3) is 0.357. The van der Waals surface area contributed by atoms with Crippen molar-refractivity contribution >= 4 is 17.7 Å². The van der Waals surface area contributed by atoms with Crippen molar-refractivity contribution in [3.05, 3.63) is 34.3 Å². The quantitative estimate of drug-likeness (QED) is 0.818. The van der Waals surface area contributed by atoms with Gasteiger partial charge in [0.1, 0.15) is 12.3 Å². The van der Waals surface area contributed by atoms with Gasteiger partial charge in [-0.3, -0.25) is 9.59 Å². The molecule has 0 spiro atoms. The van der Waals surface area contributed by atoms with Gasteiger partial charge in [-0.25, -0.2) is 4.79 Å². The van der Waals surface area contributed by atoms with Crippen molar-refractivity contribution in [2.24, 2.45) is 12.8 Å². The second kappa shape index (κ2) is 4.47. The topological polar surface area (TPSA) is 94.4 Å². The molecule has 1 aliphatic carbocycles. The standard InChI is InChI=1S/C14H15N3O4/c1-7-8(6-21-14(15)20)11-12(16(7)2)10(18)5-9(13(11)19)17-3-4-17/h5H,3-4,6H2,1-2H3,(H2,15,20). The SMILES string of the molecule is Cc1c(COC(N)=O)c2c(n1C)C(=O)C=C(N1CC1)C2=O. The summed E-state index contributed by atoms with van der Waals surface area (Å²) >= 11 is 0. The Hall–Kier alpha value is -2.57. The van der Waals surface area contributed by atoms with Gasteiger partial charge in [0.25, 0.3) is 0 Å². The molecular formula is C14H15N3O4. The van der Waals surface area contributed by atoms with Gasteiger partial charge in [0.05, 0.1) is 11.3 Å². The van der Waals surface area contributed by atoms with Gasteiger partial charge >= 0.3 is 6.09 Å². The zero-order valence-electron chi connectivity index (χ0n) is 11.8. The number of nitrogens with two attached hydrogens (primary N) is 1. The lowest BCUT2D eigenvalue weighted by molar-refractivity contribution is 0.0963. The number of rotatable bonds is 3. The van der Waals surface area contributed by atoms with E-state index in [4.69, 9.17) is 10.5 Å². The minimum absolute atomic E-state index is 0.114. The van der Waals surface area contributed by atoms with Crippen molar-refractivity contribution < 1.29 is 19.1 Å². The molecule has 2 N–H and O–H groups in total. The number of primary amides is 1. The van der Waals surface area contributed by atoms with E-state index in [9.17, 15) is 14.4 Å². The predicted molar refractivity (Wildman–Crippen MR) is 72.8 cm³/mol. The largest absolute Gasteiger partial charge is 0.445 e. The Labute approximate surface area is 120 Å². The van der Waals surface area contributed by atoms with Gasteiger partial charge in [0.2, 0.25) is 11.6 Å². The number of carbonyl (C=O) groups is 3. The number of ketones is 2. The molecule has 0 radical (unpaired) electrons. The van der Waals surface area contributed by atoms with E-state index in [1.54, 1.807) is 18.5 Å². The van der Waals surface area contributed by atoms with Gasteiger partial charge in [-0.2, -0.15) is 0 Å². The maximum absolute atomic E-state index is 12.6. The van der Waals surface area contributed by atoms with Crippen LogP contribution in [0.4, 0.5) is 4.79 Å². The van der Waals surface area contributed by atoms with Crippen molar-refractivity contribution in [1.82, 2.24) is 9.47 Å². The highest BCUT2D eigenvalue weighted by atomic mass is 16.5. The molecule has 7 heteroatoms. The van der Waals surface area contributed by atoms with E-state index in [2.05, 4.69) is 0 Å². The molecule has 110 valence electrons. The van der Waals surface area contributed by atoms with Crippen molar-refractivity contribution in [3.63, 3.8) is 0 Å². The minimum Gasteiger partial charge on any atom is -0.445 e. The van der Waals surface area contributed by atoms with Crippen LogP contribution in [0, 0.1) is 6.92 Å².